The van der Waals surface area contributed by atoms with Crippen LogP contribution in [0.4, 0.5) is 10.1 Å². The number of carbonyl (C=O) groups is 2. The van der Waals surface area contributed by atoms with Crippen molar-refractivity contribution in [1.82, 2.24) is 10.2 Å². The maximum Gasteiger partial charge on any atom is 0.277 e. The lowest BCUT2D eigenvalue weighted by atomic mass is 10.2. The number of nitrogens with zero attached hydrogens (tertiary/aromatic N) is 2. The van der Waals surface area contributed by atoms with Crippen molar-refractivity contribution in [3.05, 3.63) is 54.2 Å². The van der Waals surface area contributed by atoms with Crippen LogP contribution in [-0.4, -0.2) is 63.0 Å². The number of carbonyl (C=O) groups excluding carboxylic acids is 2. The highest BCUT2D eigenvalue weighted by atomic mass is 19.1. The van der Waals surface area contributed by atoms with Crippen LogP contribution < -0.4 is 15.1 Å². The van der Waals surface area contributed by atoms with Crippen LogP contribution >= 0.6 is 0 Å². The van der Waals surface area contributed by atoms with Gasteiger partial charge in [-0.1, -0.05) is 0 Å². The summed E-state index contributed by atoms with van der Waals surface area (Å²) >= 11 is 0. The van der Waals surface area contributed by atoms with Crippen LogP contribution in [-0.2, 0) is 16.1 Å². The van der Waals surface area contributed by atoms with E-state index in [4.69, 9.17) is 4.42 Å². The van der Waals surface area contributed by atoms with Crippen LogP contribution in [0.25, 0.3) is 0 Å². The largest absolute Gasteiger partial charge is 0.467 e. The molecule has 0 spiro atoms. The minimum Gasteiger partial charge on any atom is -0.467 e. The maximum absolute atomic E-state index is 13.0. The summed E-state index contributed by atoms with van der Waals surface area (Å²) in [4.78, 5) is 29.2. The Morgan fingerprint density at radius 2 is 1.93 bits per heavy atom. The lowest BCUT2D eigenvalue weighted by Gasteiger charge is -2.33. The number of furan rings is 1. The molecule has 0 aliphatic carbocycles. The summed E-state index contributed by atoms with van der Waals surface area (Å²) in [6.07, 6.45) is 1.55. The SMILES string of the molecule is CN(CC(=O)NCc1ccco1)C(=O)C[NH+]1CCN(c2ccc(F)cc2)CC1. The number of rotatable bonds is 7. The monoisotopic (exact) mass is 389 g/mol. The molecule has 2 amide bonds. The summed E-state index contributed by atoms with van der Waals surface area (Å²) in [7, 11) is 1.64. The number of hydrogen-bond donors (Lipinski definition) is 2. The molecule has 8 heteroatoms. The molecular formula is C20H26FN4O3+. The van der Waals surface area contributed by atoms with Gasteiger partial charge in [0.2, 0.25) is 5.91 Å². The number of nitrogens with one attached hydrogen (secondary N) is 2. The molecular weight excluding hydrogens is 363 g/mol. The molecule has 1 aromatic carbocycles. The van der Waals surface area contributed by atoms with Gasteiger partial charge in [0.1, 0.15) is 11.6 Å². The number of quaternary nitrogens is 1. The number of halogens is 1. The van der Waals surface area contributed by atoms with Gasteiger partial charge in [-0.3, -0.25) is 9.59 Å². The fraction of sp³-hybridized carbons (Fsp3) is 0.400. The molecule has 0 bridgehead atoms. The summed E-state index contributed by atoms with van der Waals surface area (Å²) in [5.74, 6) is 0.155. The molecule has 1 aliphatic heterocycles. The van der Waals surface area contributed by atoms with Crippen LogP contribution in [0.15, 0.2) is 47.1 Å². The maximum atomic E-state index is 13.0. The Hall–Kier alpha value is -2.87. The van der Waals surface area contributed by atoms with Gasteiger partial charge in [0.25, 0.3) is 5.91 Å². The summed E-state index contributed by atoms with van der Waals surface area (Å²) < 4.78 is 18.2. The van der Waals surface area contributed by atoms with Crippen molar-refractivity contribution in [3.63, 3.8) is 0 Å². The highest BCUT2D eigenvalue weighted by molar-refractivity contribution is 5.84. The van der Waals surface area contributed by atoms with Crippen LogP contribution in [0.5, 0.6) is 0 Å². The first-order valence-electron chi connectivity index (χ1n) is 9.38. The molecule has 1 fully saturated rings. The molecule has 0 atom stereocenters. The summed E-state index contributed by atoms with van der Waals surface area (Å²) in [5.41, 5.74) is 0.997. The van der Waals surface area contributed by atoms with Crippen molar-refractivity contribution in [2.24, 2.45) is 0 Å². The van der Waals surface area contributed by atoms with Gasteiger partial charge in [-0.25, -0.2) is 4.39 Å². The normalized spacial score (nSPS) is 14.7. The summed E-state index contributed by atoms with van der Waals surface area (Å²) in [6, 6.07) is 10.0. The molecule has 28 heavy (non-hydrogen) atoms. The van der Waals surface area contributed by atoms with Gasteiger partial charge in [0.15, 0.2) is 6.54 Å². The fourth-order valence-electron chi connectivity index (χ4n) is 3.22. The van der Waals surface area contributed by atoms with Gasteiger partial charge in [-0.15, -0.1) is 0 Å². The lowest BCUT2D eigenvalue weighted by Crippen LogP contribution is -3.15. The first-order valence-corrected chi connectivity index (χ1v) is 9.38. The van der Waals surface area contributed by atoms with E-state index in [0.717, 1.165) is 31.9 Å². The molecule has 0 unspecified atom stereocenters. The molecule has 0 radical (unpaired) electrons. The van der Waals surface area contributed by atoms with Crippen molar-refractivity contribution in [2.45, 2.75) is 6.54 Å². The van der Waals surface area contributed by atoms with Crippen molar-refractivity contribution in [1.29, 1.82) is 0 Å². The van der Waals surface area contributed by atoms with Gasteiger partial charge in [0.05, 0.1) is 45.5 Å². The fourth-order valence-corrected chi connectivity index (χ4v) is 3.22. The molecule has 3 rings (SSSR count). The van der Waals surface area contributed by atoms with Crippen LogP contribution in [0.3, 0.4) is 0 Å². The van der Waals surface area contributed by atoms with Crippen molar-refractivity contribution < 1.29 is 23.3 Å². The van der Waals surface area contributed by atoms with E-state index in [0.29, 0.717) is 18.8 Å². The number of piperazine rings is 1. The quantitative estimate of drug-likeness (QED) is 0.694. The van der Waals surface area contributed by atoms with Gasteiger partial charge in [0, 0.05) is 12.7 Å². The first-order chi connectivity index (χ1) is 13.5. The summed E-state index contributed by atoms with van der Waals surface area (Å²) in [5, 5.41) is 2.74. The van der Waals surface area contributed by atoms with Crippen molar-refractivity contribution in [3.8, 4) is 0 Å². The van der Waals surface area contributed by atoms with Crippen LogP contribution in [0.2, 0.25) is 0 Å². The van der Waals surface area contributed by atoms with E-state index in [-0.39, 0.29) is 24.2 Å². The van der Waals surface area contributed by atoms with E-state index in [2.05, 4.69) is 10.2 Å². The lowest BCUT2D eigenvalue weighted by molar-refractivity contribution is -0.892. The number of amides is 2. The Kier molecular flexibility index (Phi) is 6.65. The molecule has 2 heterocycles. The number of benzene rings is 1. The Balaban J connectivity index is 1.38. The average molecular weight is 389 g/mol. The highest BCUT2D eigenvalue weighted by Crippen LogP contribution is 2.14. The number of anilines is 1. The first kappa shape index (κ1) is 19.9. The third-order valence-electron chi connectivity index (χ3n) is 4.91. The number of likely N-dealkylation sites (N-methyl/N-ethyl adjacent to an activating group) is 1. The predicted molar refractivity (Wildman–Crippen MR) is 102 cm³/mol. The second kappa shape index (κ2) is 9.36. The minimum atomic E-state index is -0.241. The predicted octanol–water partition coefficient (Wildman–Crippen LogP) is -0.102. The summed E-state index contributed by atoms with van der Waals surface area (Å²) in [6.45, 7) is 3.95. The Bertz CT molecular complexity index is 771. The zero-order valence-electron chi connectivity index (χ0n) is 16.0. The van der Waals surface area contributed by atoms with Gasteiger partial charge in [-0.2, -0.15) is 0 Å². The minimum absolute atomic E-state index is 0.0223. The van der Waals surface area contributed by atoms with Crippen molar-refractivity contribution >= 4 is 17.5 Å². The molecule has 0 saturated carbocycles. The van der Waals surface area contributed by atoms with Gasteiger partial charge in [-0.05, 0) is 36.4 Å². The zero-order valence-corrected chi connectivity index (χ0v) is 16.0. The van der Waals surface area contributed by atoms with Crippen LogP contribution in [0.1, 0.15) is 5.76 Å². The molecule has 2 aromatic rings. The standard InChI is InChI=1S/C20H25FN4O3/c1-23(14-19(26)22-13-18-3-2-12-28-18)20(27)15-24-8-10-25(11-9-24)17-6-4-16(21)5-7-17/h2-7,12H,8-11,13-15H2,1H3,(H,22,26)/p+1. The third-order valence-corrected chi connectivity index (χ3v) is 4.91. The van der Waals surface area contributed by atoms with E-state index in [1.54, 1.807) is 37.6 Å². The average Bonchev–Trinajstić information content (AvgIpc) is 3.21. The van der Waals surface area contributed by atoms with E-state index in [1.807, 2.05) is 0 Å². The Labute approximate surface area is 163 Å². The highest BCUT2D eigenvalue weighted by Gasteiger charge is 2.24. The van der Waals surface area contributed by atoms with E-state index >= 15 is 0 Å². The molecule has 150 valence electrons. The molecule has 7 nitrogen and oxygen atoms in total. The topological polar surface area (TPSA) is 70.2 Å². The van der Waals surface area contributed by atoms with E-state index in [9.17, 15) is 14.0 Å². The Morgan fingerprint density at radius 3 is 2.57 bits per heavy atom. The third kappa shape index (κ3) is 5.56. The smallest absolute Gasteiger partial charge is 0.277 e. The Morgan fingerprint density at radius 1 is 1.21 bits per heavy atom. The zero-order chi connectivity index (χ0) is 19.9. The molecule has 1 saturated heterocycles. The molecule has 1 aliphatic rings. The van der Waals surface area contributed by atoms with Crippen LogP contribution in [0, 0.1) is 5.82 Å². The van der Waals surface area contributed by atoms with Gasteiger partial charge < -0.3 is 24.4 Å². The van der Waals surface area contributed by atoms with Gasteiger partial charge >= 0.3 is 0 Å². The van der Waals surface area contributed by atoms with Crippen molar-refractivity contribution in [2.75, 3.05) is 51.2 Å². The number of hydrogen-bond acceptors (Lipinski definition) is 4. The molecule has 1 aromatic heterocycles. The molecule has 2 N–H and O–H groups in total. The van der Waals surface area contributed by atoms with E-state index < -0.39 is 0 Å². The second-order valence-corrected chi connectivity index (χ2v) is 7.00. The second-order valence-electron chi connectivity index (χ2n) is 7.00. The van der Waals surface area contributed by atoms with E-state index in [1.165, 1.54) is 21.9 Å².